The quantitative estimate of drug-likeness (QED) is 0.399. The number of rotatable bonds is 7. The summed E-state index contributed by atoms with van der Waals surface area (Å²) in [5.74, 6) is -0.895. The van der Waals surface area contributed by atoms with Crippen LogP contribution in [0.25, 0.3) is 0 Å². The van der Waals surface area contributed by atoms with Gasteiger partial charge in [-0.2, -0.15) is 0 Å². The molecule has 0 aromatic rings. The Morgan fingerprint density at radius 1 is 1.50 bits per heavy atom. The lowest BCUT2D eigenvalue weighted by Crippen LogP contribution is -2.28. The van der Waals surface area contributed by atoms with E-state index < -0.39 is 5.79 Å². The molecule has 0 N–H and O–H groups in total. The molecular formula is C14H24O4. The van der Waals surface area contributed by atoms with E-state index in [4.69, 9.17) is 14.2 Å². The molecule has 4 nitrogen and oxygen atoms in total. The highest BCUT2D eigenvalue weighted by Crippen LogP contribution is 2.28. The van der Waals surface area contributed by atoms with Crippen LogP contribution in [0.3, 0.4) is 0 Å². The number of carbonyl (C=O) groups is 1. The van der Waals surface area contributed by atoms with Crippen molar-refractivity contribution in [3.8, 4) is 0 Å². The molecule has 0 amide bonds. The van der Waals surface area contributed by atoms with Crippen molar-refractivity contribution >= 4 is 5.97 Å². The van der Waals surface area contributed by atoms with Gasteiger partial charge in [0.05, 0.1) is 6.61 Å². The normalized spacial score (nSPS) is 27.2. The maximum absolute atomic E-state index is 11.3. The van der Waals surface area contributed by atoms with Crippen molar-refractivity contribution in [1.29, 1.82) is 0 Å². The third-order valence-corrected chi connectivity index (χ3v) is 2.97. The van der Waals surface area contributed by atoms with Gasteiger partial charge in [0, 0.05) is 12.0 Å². The summed E-state index contributed by atoms with van der Waals surface area (Å²) < 4.78 is 16.5. The molecule has 1 aliphatic heterocycles. The molecule has 0 saturated carbocycles. The molecule has 104 valence electrons. The van der Waals surface area contributed by atoms with Gasteiger partial charge in [-0.05, 0) is 20.3 Å². The van der Waals surface area contributed by atoms with Crippen molar-refractivity contribution in [3.63, 3.8) is 0 Å². The Labute approximate surface area is 109 Å². The van der Waals surface area contributed by atoms with Gasteiger partial charge in [-0.25, -0.2) is 4.79 Å². The highest BCUT2D eigenvalue weighted by molar-refractivity contribution is 5.86. The number of unbranched alkanes of at least 4 members (excludes halogenated alkanes) is 2. The van der Waals surface area contributed by atoms with Crippen LogP contribution in [0.2, 0.25) is 0 Å². The Kier molecular flexibility index (Phi) is 5.82. The van der Waals surface area contributed by atoms with E-state index in [9.17, 15) is 4.79 Å². The molecule has 0 radical (unpaired) electrons. The van der Waals surface area contributed by atoms with Gasteiger partial charge < -0.3 is 14.2 Å². The van der Waals surface area contributed by atoms with E-state index in [1.807, 2.05) is 6.92 Å². The summed E-state index contributed by atoms with van der Waals surface area (Å²) in [5.41, 5.74) is 0.402. The van der Waals surface area contributed by atoms with Crippen LogP contribution in [-0.4, -0.2) is 31.1 Å². The zero-order valence-corrected chi connectivity index (χ0v) is 11.7. The molecule has 18 heavy (non-hydrogen) atoms. The van der Waals surface area contributed by atoms with Crippen molar-refractivity contribution < 1.29 is 19.0 Å². The maximum atomic E-state index is 11.3. The van der Waals surface area contributed by atoms with Crippen LogP contribution in [0.4, 0.5) is 0 Å². The lowest BCUT2D eigenvalue weighted by molar-refractivity contribution is -0.168. The van der Waals surface area contributed by atoms with Crippen molar-refractivity contribution in [2.45, 2.75) is 58.3 Å². The number of ether oxygens (including phenoxy) is 3. The highest BCUT2D eigenvalue weighted by atomic mass is 16.7. The summed E-state index contributed by atoms with van der Waals surface area (Å²) in [6, 6.07) is 0. The number of hydrogen-bond donors (Lipinski definition) is 0. The Balaban J connectivity index is 2.27. The molecule has 0 aromatic heterocycles. The largest absolute Gasteiger partial charge is 0.459 e. The lowest BCUT2D eigenvalue weighted by Gasteiger charge is -2.23. The van der Waals surface area contributed by atoms with Gasteiger partial charge in [-0.3, -0.25) is 0 Å². The smallest absolute Gasteiger partial charge is 0.333 e. The van der Waals surface area contributed by atoms with E-state index in [0.717, 1.165) is 12.8 Å². The topological polar surface area (TPSA) is 44.8 Å². The number of esters is 1. The molecule has 1 heterocycles. The molecule has 1 fully saturated rings. The van der Waals surface area contributed by atoms with Crippen LogP contribution < -0.4 is 0 Å². The summed E-state index contributed by atoms with van der Waals surface area (Å²) in [6.07, 6.45) is 4.16. The average Bonchev–Trinajstić information content (AvgIpc) is 2.68. The second-order valence-corrected chi connectivity index (χ2v) is 5.02. The first-order chi connectivity index (χ1) is 8.47. The van der Waals surface area contributed by atoms with Crippen molar-refractivity contribution in [2.75, 3.05) is 13.2 Å². The third kappa shape index (κ3) is 4.78. The first-order valence-corrected chi connectivity index (χ1v) is 6.61. The Morgan fingerprint density at radius 2 is 2.22 bits per heavy atom. The molecule has 0 aromatic carbocycles. The second kappa shape index (κ2) is 6.90. The zero-order valence-electron chi connectivity index (χ0n) is 11.7. The fourth-order valence-electron chi connectivity index (χ4n) is 1.89. The van der Waals surface area contributed by atoms with Gasteiger partial charge >= 0.3 is 5.97 Å². The van der Waals surface area contributed by atoms with E-state index in [0.29, 0.717) is 12.2 Å². The first-order valence-electron chi connectivity index (χ1n) is 6.61. The van der Waals surface area contributed by atoms with E-state index in [2.05, 4.69) is 13.5 Å². The Morgan fingerprint density at radius 3 is 2.83 bits per heavy atom. The van der Waals surface area contributed by atoms with Gasteiger partial charge in [0.15, 0.2) is 5.79 Å². The standard InChI is InChI=1S/C14H24O4/c1-5-6-7-8-14(4)17-10-12(18-14)9-16-13(15)11(2)3/h12H,2,5-10H2,1,3-4H3. The van der Waals surface area contributed by atoms with Crippen molar-refractivity contribution in [2.24, 2.45) is 0 Å². The Bertz CT molecular complexity index is 300. The van der Waals surface area contributed by atoms with Crippen LogP contribution in [0.5, 0.6) is 0 Å². The molecule has 2 unspecified atom stereocenters. The molecular weight excluding hydrogens is 232 g/mol. The van der Waals surface area contributed by atoms with Crippen molar-refractivity contribution in [3.05, 3.63) is 12.2 Å². The summed E-state index contributed by atoms with van der Waals surface area (Å²) in [5, 5.41) is 0. The predicted molar refractivity (Wildman–Crippen MR) is 69.1 cm³/mol. The average molecular weight is 256 g/mol. The predicted octanol–water partition coefficient (Wildman–Crippen LogP) is 2.82. The third-order valence-electron chi connectivity index (χ3n) is 2.97. The van der Waals surface area contributed by atoms with E-state index in [1.54, 1.807) is 6.92 Å². The molecule has 0 aliphatic carbocycles. The Hall–Kier alpha value is -0.870. The molecule has 0 bridgehead atoms. The number of carbonyl (C=O) groups excluding carboxylic acids is 1. The molecule has 0 spiro atoms. The van der Waals surface area contributed by atoms with E-state index >= 15 is 0 Å². The fourth-order valence-corrected chi connectivity index (χ4v) is 1.89. The summed E-state index contributed by atoms with van der Waals surface area (Å²) in [7, 11) is 0. The van der Waals surface area contributed by atoms with Crippen LogP contribution in [0, 0.1) is 0 Å². The zero-order chi connectivity index (χ0) is 13.6. The monoisotopic (exact) mass is 256 g/mol. The SMILES string of the molecule is C=C(C)C(=O)OCC1COC(C)(CCCCC)O1. The van der Waals surface area contributed by atoms with Gasteiger partial charge in [-0.1, -0.05) is 26.3 Å². The molecule has 2 atom stereocenters. The minimum Gasteiger partial charge on any atom is -0.459 e. The summed E-state index contributed by atoms with van der Waals surface area (Å²) in [4.78, 5) is 11.3. The van der Waals surface area contributed by atoms with Gasteiger partial charge in [0.2, 0.25) is 0 Å². The lowest BCUT2D eigenvalue weighted by atomic mass is 10.1. The maximum Gasteiger partial charge on any atom is 0.333 e. The van der Waals surface area contributed by atoms with Gasteiger partial charge in [0.1, 0.15) is 12.7 Å². The van der Waals surface area contributed by atoms with E-state index in [-0.39, 0.29) is 18.7 Å². The summed E-state index contributed by atoms with van der Waals surface area (Å²) in [6.45, 7) is 9.98. The van der Waals surface area contributed by atoms with Crippen LogP contribution in [0.1, 0.15) is 46.5 Å². The van der Waals surface area contributed by atoms with E-state index in [1.165, 1.54) is 12.8 Å². The van der Waals surface area contributed by atoms with Gasteiger partial charge in [-0.15, -0.1) is 0 Å². The van der Waals surface area contributed by atoms with Gasteiger partial charge in [0.25, 0.3) is 0 Å². The summed E-state index contributed by atoms with van der Waals surface area (Å²) >= 11 is 0. The molecule has 4 heteroatoms. The first kappa shape index (κ1) is 15.2. The molecule has 1 aliphatic rings. The minimum absolute atomic E-state index is 0.167. The molecule has 1 rings (SSSR count). The number of hydrogen-bond acceptors (Lipinski definition) is 4. The van der Waals surface area contributed by atoms with Crippen LogP contribution in [0.15, 0.2) is 12.2 Å². The van der Waals surface area contributed by atoms with Crippen LogP contribution >= 0.6 is 0 Å². The fraction of sp³-hybridized carbons (Fsp3) is 0.786. The minimum atomic E-state index is -0.518. The molecule has 1 saturated heterocycles. The highest BCUT2D eigenvalue weighted by Gasteiger charge is 2.37. The second-order valence-electron chi connectivity index (χ2n) is 5.02. The van der Waals surface area contributed by atoms with Crippen LogP contribution in [-0.2, 0) is 19.0 Å². The van der Waals surface area contributed by atoms with Crippen molar-refractivity contribution in [1.82, 2.24) is 0 Å².